The molecule has 1 aromatic carbocycles. The standard InChI is InChI=1S/C8H7NS/c1-2-6-7(9)4-3-5-8(6)10/h1,3-5,10H,9H2. The summed E-state index contributed by atoms with van der Waals surface area (Å²) in [5.74, 6) is 2.46. The van der Waals surface area contributed by atoms with E-state index in [0.29, 0.717) is 11.3 Å². The lowest BCUT2D eigenvalue weighted by molar-refractivity contribution is 1.43. The number of terminal acetylenes is 1. The zero-order chi connectivity index (χ0) is 7.56. The van der Waals surface area contributed by atoms with Crippen LogP contribution in [0, 0.1) is 12.3 Å². The summed E-state index contributed by atoms with van der Waals surface area (Å²) in [5.41, 5.74) is 6.82. The van der Waals surface area contributed by atoms with Gasteiger partial charge in [0, 0.05) is 10.6 Å². The molecule has 0 bridgehead atoms. The topological polar surface area (TPSA) is 26.0 Å². The van der Waals surface area contributed by atoms with Gasteiger partial charge in [0.25, 0.3) is 0 Å². The van der Waals surface area contributed by atoms with Crippen molar-refractivity contribution in [3.63, 3.8) is 0 Å². The molecule has 1 aromatic rings. The smallest absolute Gasteiger partial charge is 0.0605 e. The molecule has 10 heavy (non-hydrogen) atoms. The van der Waals surface area contributed by atoms with E-state index in [2.05, 4.69) is 18.5 Å². The quantitative estimate of drug-likeness (QED) is 0.326. The monoisotopic (exact) mass is 149 g/mol. The molecular formula is C8H7NS. The molecule has 1 nitrogen and oxygen atoms in total. The lowest BCUT2D eigenvalue weighted by atomic mass is 10.2. The minimum Gasteiger partial charge on any atom is -0.398 e. The molecule has 0 aliphatic carbocycles. The molecule has 0 aliphatic rings. The fourth-order valence-corrected chi connectivity index (χ4v) is 0.994. The van der Waals surface area contributed by atoms with Crippen LogP contribution in [0.1, 0.15) is 5.56 Å². The van der Waals surface area contributed by atoms with Crippen molar-refractivity contribution >= 4 is 18.3 Å². The van der Waals surface area contributed by atoms with Crippen molar-refractivity contribution in [2.24, 2.45) is 0 Å². The van der Waals surface area contributed by atoms with Gasteiger partial charge in [-0.15, -0.1) is 19.1 Å². The number of hydrogen-bond acceptors (Lipinski definition) is 2. The van der Waals surface area contributed by atoms with Crippen molar-refractivity contribution in [3.8, 4) is 12.3 Å². The maximum Gasteiger partial charge on any atom is 0.0605 e. The summed E-state index contributed by atoms with van der Waals surface area (Å²) in [7, 11) is 0. The molecule has 0 heterocycles. The van der Waals surface area contributed by atoms with E-state index in [1.807, 2.05) is 12.1 Å². The van der Waals surface area contributed by atoms with Crippen molar-refractivity contribution in [2.45, 2.75) is 4.90 Å². The van der Waals surface area contributed by atoms with Crippen LogP contribution < -0.4 is 5.73 Å². The SMILES string of the molecule is C#Cc1c(N)cccc1S. The van der Waals surface area contributed by atoms with E-state index < -0.39 is 0 Å². The molecule has 0 amide bonds. The van der Waals surface area contributed by atoms with Gasteiger partial charge in [0.1, 0.15) is 0 Å². The number of hydrogen-bond donors (Lipinski definition) is 2. The molecule has 0 atom stereocenters. The third-order valence-electron chi connectivity index (χ3n) is 1.22. The summed E-state index contributed by atoms with van der Waals surface area (Å²) < 4.78 is 0. The molecule has 2 N–H and O–H groups in total. The van der Waals surface area contributed by atoms with Crippen LogP contribution in [0.15, 0.2) is 23.1 Å². The Kier molecular flexibility index (Phi) is 1.88. The third kappa shape index (κ3) is 1.09. The molecule has 2 heteroatoms. The average Bonchev–Trinajstić information content (AvgIpc) is 1.88. The fourth-order valence-electron chi connectivity index (χ4n) is 0.715. The van der Waals surface area contributed by atoms with Crippen LogP contribution in [0.3, 0.4) is 0 Å². The normalized spacial score (nSPS) is 8.80. The average molecular weight is 149 g/mol. The Morgan fingerprint density at radius 1 is 1.50 bits per heavy atom. The molecule has 0 unspecified atom stereocenters. The first kappa shape index (κ1) is 7.04. The number of nitrogens with two attached hydrogens (primary N) is 1. The summed E-state index contributed by atoms with van der Waals surface area (Å²) in [4.78, 5) is 0.752. The van der Waals surface area contributed by atoms with E-state index in [9.17, 15) is 0 Å². The van der Waals surface area contributed by atoms with Crippen LogP contribution in [0.4, 0.5) is 5.69 Å². The predicted molar refractivity (Wildman–Crippen MR) is 46.0 cm³/mol. The summed E-state index contributed by atoms with van der Waals surface area (Å²) in [6.07, 6.45) is 5.17. The van der Waals surface area contributed by atoms with Crippen molar-refractivity contribution in [2.75, 3.05) is 5.73 Å². The first-order valence-corrected chi connectivity index (χ1v) is 3.24. The molecule has 0 saturated heterocycles. The van der Waals surface area contributed by atoms with Gasteiger partial charge >= 0.3 is 0 Å². The Hall–Kier alpha value is -1.07. The second kappa shape index (κ2) is 2.68. The van der Waals surface area contributed by atoms with Gasteiger partial charge in [-0.3, -0.25) is 0 Å². The van der Waals surface area contributed by atoms with Gasteiger partial charge in [0.05, 0.1) is 5.56 Å². The highest BCUT2D eigenvalue weighted by molar-refractivity contribution is 7.80. The molecule has 0 aromatic heterocycles. The molecule has 0 radical (unpaired) electrons. The first-order chi connectivity index (χ1) is 4.75. The molecular weight excluding hydrogens is 142 g/mol. The van der Waals surface area contributed by atoms with E-state index >= 15 is 0 Å². The zero-order valence-electron chi connectivity index (χ0n) is 5.33. The lowest BCUT2D eigenvalue weighted by Crippen LogP contribution is -1.89. The van der Waals surface area contributed by atoms with E-state index in [1.165, 1.54) is 0 Å². The lowest BCUT2D eigenvalue weighted by Gasteiger charge is -1.99. The zero-order valence-corrected chi connectivity index (χ0v) is 6.23. The highest BCUT2D eigenvalue weighted by Gasteiger charge is 1.96. The van der Waals surface area contributed by atoms with Crippen molar-refractivity contribution in [3.05, 3.63) is 23.8 Å². The van der Waals surface area contributed by atoms with Gasteiger partial charge in [0.2, 0.25) is 0 Å². The van der Waals surface area contributed by atoms with Gasteiger partial charge in [-0.2, -0.15) is 0 Å². The predicted octanol–water partition coefficient (Wildman–Crippen LogP) is 1.54. The van der Waals surface area contributed by atoms with E-state index in [4.69, 9.17) is 12.2 Å². The number of thiol groups is 1. The molecule has 50 valence electrons. The van der Waals surface area contributed by atoms with Gasteiger partial charge in [-0.25, -0.2) is 0 Å². The van der Waals surface area contributed by atoms with Crippen molar-refractivity contribution < 1.29 is 0 Å². The molecule has 0 aliphatic heterocycles. The van der Waals surface area contributed by atoms with Crippen molar-refractivity contribution in [1.82, 2.24) is 0 Å². The van der Waals surface area contributed by atoms with Crippen LogP contribution in [-0.4, -0.2) is 0 Å². The first-order valence-electron chi connectivity index (χ1n) is 2.79. The Balaban J connectivity index is 3.34. The Labute approximate surface area is 65.7 Å². The fraction of sp³-hybridized carbons (Fsp3) is 0. The van der Waals surface area contributed by atoms with Crippen LogP contribution in [0.5, 0.6) is 0 Å². The largest absolute Gasteiger partial charge is 0.398 e. The third-order valence-corrected chi connectivity index (χ3v) is 1.59. The highest BCUT2D eigenvalue weighted by Crippen LogP contribution is 2.18. The summed E-state index contributed by atoms with van der Waals surface area (Å²) in [6, 6.07) is 5.39. The van der Waals surface area contributed by atoms with Gasteiger partial charge < -0.3 is 5.73 Å². The Bertz CT molecular complexity index is 266. The number of anilines is 1. The minimum atomic E-state index is 0.606. The van der Waals surface area contributed by atoms with Gasteiger partial charge in [0.15, 0.2) is 0 Å². The van der Waals surface area contributed by atoms with Gasteiger partial charge in [-0.1, -0.05) is 12.0 Å². The van der Waals surface area contributed by atoms with Crippen LogP contribution in [0.25, 0.3) is 0 Å². The maximum atomic E-state index is 5.54. The van der Waals surface area contributed by atoms with E-state index in [0.717, 1.165) is 4.90 Å². The summed E-state index contributed by atoms with van der Waals surface area (Å²) >= 11 is 4.13. The summed E-state index contributed by atoms with van der Waals surface area (Å²) in [5, 5.41) is 0. The van der Waals surface area contributed by atoms with Gasteiger partial charge in [-0.05, 0) is 12.1 Å². The van der Waals surface area contributed by atoms with Crippen LogP contribution in [0.2, 0.25) is 0 Å². The molecule has 0 saturated carbocycles. The second-order valence-corrected chi connectivity index (χ2v) is 2.37. The minimum absolute atomic E-state index is 0.606. The van der Waals surface area contributed by atoms with Crippen molar-refractivity contribution in [1.29, 1.82) is 0 Å². The summed E-state index contributed by atoms with van der Waals surface area (Å²) in [6.45, 7) is 0. The second-order valence-electron chi connectivity index (χ2n) is 1.89. The van der Waals surface area contributed by atoms with Crippen LogP contribution >= 0.6 is 12.6 Å². The van der Waals surface area contributed by atoms with E-state index in [1.54, 1.807) is 6.07 Å². The number of rotatable bonds is 0. The molecule has 0 fully saturated rings. The Morgan fingerprint density at radius 2 is 2.20 bits per heavy atom. The molecule has 1 rings (SSSR count). The highest BCUT2D eigenvalue weighted by atomic mass is 32.1. The van der Waals surface area contributed by atoms with Crippen LogP contribution in [-0.2, 0) is 0 Å². The molecule has 0 spiro atoms. The maximum absolute atomic E-state index is 5.54. The van der Waals surface area contributed by atoms with E-state index in [-0.39, 0.29) is 0 Å². The number of benzene rings is 1. The Morgan fingerprint density at radius 3 is 2.60 bits per heavy atom. The number of nitrogen functional groups attached to an aromatic ring is 1.